The minimum atomic E-state index is -3.18. The SMILES string of the molecule is [CH2]c1cccc(S(C)(=O)=O)n1. The van der Waals surface area contributed by atoms with Gasteiger partial charge in [-0.05, 0) is 19.1 Å². The number of sulfone groups is 1. The summed E-state index contributed by atoms with van der Waals surface area (Å²) in [4.78, 5) is 3.75. The Hall–Kier alpha value is -0.900. The Morgan fingerprint density at radius 3 is 2.45 bits per heavy atom. The van der Waals surface area contributed by atoms with Gasteiger partial charge < -0.3 is 0 Å². The molecule has 0 aliphatic carbocycles. The average molecular weight is 170 g/mol. The predicted molar refractivity (Wildman–Crippen MR) is 41.8 cm³/mol. The van der Waals surface area contributed by atoms with Crippen LogP contribution in [-0.2, 0) is 9.84 Å². The maximum Gasteiger partial charge on any atom is 0.192 e. The fraction of sp³-hybridized carbons (Fsp3) is 0.143. The summed E-state index contributed by atoms with van der Waals surface area (Å²) in [6, 6.07) is 4.71. The van der Waals surface area contributed by atoms with Crippen LogP contribution in [0, 0.1) is 6.92 Å². The highest BCUT2D eigenvalue weighted by Crippen LogP contribution is 2.04. The van der Waals surface area contributed by atoms with Crippen molar-refractivity contribution < 1.29 is 8.42 Å². The lowest BCUT2D eigenvalue weighted by molar-refractivity contribution is 0.598. The summed E-state index contributed by atoms with van der Waals surface area (Å²) in [6.45, 7) is 3.52. The topological polar surface area (TPSA) is 47.0 Å². The second-order valence-corrected chi connectivity index (χ2v) is 4.20. The molecule has 0 spiro atoms. The molecule has 59 valence electrons. The molecule has 1 aromatic rings. The Morgan fingerprint density at radius 2 is 2.09 bits per heavy atom. The molecule has 3 nitrogen and oxygen atoms in total. The van der Waals surface area contributed by atoms with Crippen LogP contribution < -0.4 is 0 Å². The highest BCUT2D eigenvalue weighted by Gasteiger charge is 2.06. The van der Waals surface area contributed by atoms with Crippen molar-refractivity contribution in [1.82, 2.24) is 4.98 Å². The molecule has 0 aliphatic heterocycles. The third-order valence-electron chi connectivity index (χ3n) is 1.16. The van der Waals surface area contributed by atoms with E-state index < -0.39 is 9.84 Å². The van der Waals surface area contributed by atoms with Crippen LogP contribution in [-0.4, -0.2) is 19.7 Å². The zero-order valence-corrected chi connectivity index (χ0v) is 6.93. The highest BCUT2D eigenvalue weighted by atomic mass is 32.2. The second-order valence-electron chi connectivity index (χ2n) is 2.24. The molecule has 1 rings (SSSR count). The van der Waals surface area contributed by atoms with Gasteiger partial charge in [-0.1, -0.05) is 6.07 Å². The molecule has 0 aliphatic rings. The molecule has 0 saturated heterocycles. The Balaban J connectivity index is 3.28. The molecule has 1 aromatic heterocycles. The van der Waals surface area contributed by atoms with E-state index >= 15 is 0 Å². The Morgan fingerprint density at radius 1 is 1.45 bits per heavy atom. The minimum Gasteiger partial charge on any atom is -0.241 e. The van der Waals surface area contributed by atoms with E-state index in [0.717, 1.165) is 6.26 Å². The van der Waals surface area contributed by atoms with Crippen molar-refractivity contribution in [3.05, 3.63) is 30.8 Å². The molecule has 0 aromatic carbocycles. The van der Waals surface area contributed by atoms with Crippen LogP contribution in [0.1, 0.15) is 5.69 Å². The Labute approximate surface area is 66.0 Å². The van der Waals surface area contributed by atoms with Gasteiger partial charge in [0.1, 0.15) is 0 Å². The van der Waals surface area contributed by atoms with Crippen LogP contribution in [0.3, 0.4) is 0 Å². The van der Waals surface area contributed by atoms with E-state index in [-0.39, 0.29) is 5.03 Å². The molecule has 0 N–H and O–H groups in total. The number of pyridine rings is 1. The van der Waals surface area contributed by atoms with Gasteiger partial charge in [-0.25, -0.2) is 13.4 Å². The molecular formula is C7H8NO2S. The first-order chi connectivity index (χ1) is 5.00. The molecular weight excluding hydrogens is 162 g/mol. The van der Waals surface area contributed by atoms with Gasteiger partial charge in [0, 0.05) is 11.9 Å². The van der Waals surface area contributed by atoms with E-state index in [4.69, 9.17) is 0 Å². The molecule has 0 saturated carbocycles. The molecule has 0 fully saturated rings. The summed E-state index contributed by atoms with van der Waals surface area (Å²) in [7, 11) is -3.18. The van der Waals surface area contributed by atoms with Gasteiger partial charge in [-0.3, -0.25) is 0 Å². The normalized spacial score (nSPS) is 11.5. The van der Waals surface area contributed by atoms with Crippen LogP contribution in [0.4, 0.5) is 0 Å². The molecule has 0 bridgehead atoms. The van der Waals surface area contributed by atoms with Crippen LogP contribution in [0.5, 0.6) is 0 Å². The number of rotatable bonds is 1. The van der Waals surface area contributed by atoms with Gasteiger partial charge in [0.2, 0.25) is 0 Å². The first-order valence-corrected chi connectivity index (χ1v) is 4.88. The monoisotopic (exact) mass is 170 g/mol. The summed E-state index contributed by atoms with van der Waals surface area (Å²) in [6.07, 6.45) is 1.12. The summed E-state index contributed by atoms with van der Waals surface area (Å²) in [5.74, 6) is 0. The van der Waals surface area contributed by atoms with Gasteiger partial charge in [0.05, 0.1) is 0 Å². The zero-order chi connectivity index (χ0) is 8.48. The minimum absolute atomic E-state index is 0.0741. The summed E-state index contributed by atoms with van der Waals surface area (Å²) in [5, 5.41) is 0.0741. The third kappa shape index (κ3) is 2.01. The van der Waals surface area contributed by atoms with Crippen molar-refractivity contribution in [2.75, 3.05) is 6.26 Å². The summed E-state index contributed by atoms with van der Waals surface area (Å²) < 4.78 is 21.8. The van der Waals surface area contributed by atoms with E-state index in [1.54, 1.807) is 12.1 Å². The van der Waals surface area contributed by atoms with Gasteiger partial charge >= 0.3 is 0 Å². The number of aromatic nitrogens is 1. The maximum absolute atomic E-state index is 10.9. The van der Waals surface area contributed by atoms with Crippen molar-refractivity contribution >= 4 is 9.84 Å². The smallest absolute Gasteiger partial charge is 0.192 e. The summed E-state index contributed by atoms with van der Waals surface area (Å²) in [5.41, 5.74) is 0.466. The van der Waals surface area contributed by atoms with Crippen molar-refractivity contribution in [2.24, 2.45) is 0 Å². The molecule has 0 amide bonds. The van der Waals surface area contributed by atoms with Crippen LogP contribution in [0.25, 0.3) is 0 Å². The lowest BCUT2D eigenvalue weighted by Crippen LogP contribution is -2.00. The maximum atomic E-state index is 10.9. The number of nitrogens with zero attached hydrogens (tertiary/aromatic N) is 1. The van der Waals surface area contributed by atoms with E-state index in [0.29, 0.717) is 5.69 Å². The van der Waals surface area contributed by atoms with Crippen molar-refractivity contribution in [3.8, 4) is 0 Å². The van der Waals surface area contributed by atoms with Crippen molar-refractivity contribution in [3.63, 3.8) is 0 Å². The fourth-order valence-corrected chi connectivity index (χ4v) is 1.27. The fourth-order valence-electron chi connectivity index (χ4n) is 0.664. The lowest BCUT2D eigenvalue weighted by Gasteiger charge is -1.96. The number of hydrogen-bond donors (Lipinski definition) is 0. The average Bonchev–Trinajstić information content (AvgIpc) is 1.86. The highest BCUT2D eigenvalue weighted by molar-refractivity contribution is 7.90. The lowest BCUT2D eigenvalue weighted by atomic mass is 10.4. The van der Waals surface area contributed by atoms with E-state index in [1.165, 1.54) is 6.07 Å². The first-order valence-electron chi connectivity index (χ1n) is 2.99. The molecule has 4 heteroatoms. The third-order valence-corrected chi connectivity index (χ3v) is 2.15. The Kier molecular flexibility index (Phi) is 1.95. The second kappa shape index (κ2) is 2.62. The standard InChI is InChI=1S/C7H8NO2S/c1-6-4-3-5-7(8-6)11(2,9)10/h3-5H,1H2,2H3. The Bertz CT molecular complexity index is 356. The van der Waals surface area contributed by atoms with E-state index in [1.807, 2.05) is 0 Å². The molecule has 1 heterocycles. The van der Waals surface area contributed by atoms with Crippen LogP contribution in [0.15, 0.2) is 23.2 Å². The largest absolute Gasteiger partial charge is 0.241 e. The van der Waals surface area contributed by atoms with Crippen LogP contribution in [0.2, 0.25) is 0 Å². The molecule has 0 unspecified atom stereocenters. The van der Waals surface area contributed by atoms with Gasteiger partial charge in [0.15, 0.2) is 14.9 Å². The quantitative estimate of drug-likeness (QED) is 0.622. The van der Waals surface area contributed by atoms with Crippen molar-refractivity contribution in [2.45, 2.75) is 5.03 Å². The van der Waals surface area contributed by atoms with E-state index in [9.17, 15) is 8.42 Å². The van der Waals surface area contributed by atoms with Crippen molar-refractivity contribution in [1.29, 1.82) is 0 Å². The van der Waals surface area contributed by atoms with Gasteiger partial charge in [-0.15, -0.1) is 0 Å². The molecule has 11 heavy (non-hydrogen) atoms. The van der Waals surface area contributed by atoms with Gasteiger partial charge in [0.25, 0.3) is 0 Å². The predicted octanol–water partition coefficient (Wildman–Crippen LogP) is 0.667. The zero-order valence-electron chi connectivity index (χ0n) is 6.11. The van der Waals surface area contributed by atoms with Crippen LogP contribution >= 0.6 is 0 Å². The van der Waals surface area contributed by atoms with Gasteiger partial charge in [-0.2, -0.15) is 0 Å². The number of hydrogen-bond acceptors (Lipinski definition) is 3. The molecule has 0 atom stereocenters. The first kappa shape index (κ1) is 8.20. The molecule has 1 radical (unpaired) electrons. The van der Waals surface area contributed by atoms with E-state index in [2.05, 4.69) is 11.9 Å². The summed E-state index contributed by atoms with van der Waals surface area (Å²) >= 11 is 0.